The SMILES string of the molecule is CC(C)[C@@H](CO)NC(=O)CC(N)CC(C)(C)C. The molecule has 17 heavy (non-hydrogen) atoms. The summed E-state index contributed by atoms with van der Waals surface area (Å²) in [5.41, 5.74) is 6.06. The first kappa shape index (κ1) is 16.4. The van der Waals surface area contributed by atoms with E-state index in [4.69, 9.17) is 10.8 Å². The van der Waals surface area contributed by atoms with Gasteiger partial charge in [-0.3, -0.25) is 4.79 Å². The van der Waals surface area contributed by atoms with Crippen LogP contribution in [0.3, 0.4) is 0 Å². The van der Waals surface area contributed by atoms with Gasteiger partial charge in [-0.05, 0) is 17.8 Å². The fourth-order valence-electron chi connectivity index (χ4n) is 1.79. The highest BCUT2D eigenvalue weighted by atomic mass is 16.3. The largest absolute Gasteiger partial charge is 0.394 e. The fraction of sp³-hybridized carbons (Fsp3) is 0.923. The van der Waals surface area contributed by atoms with Crippen LogP contribution in [0.2, 0.25) is 0 Å². The Morgan fingerprint density at radius 2 is 1.88 bits per heavy atom. The molecule has 0 fully saturated rings. The minimum Gasteiger partial charge on any atom is -0.394 e. The standard InChI is InChI=1S/C13H28N2O2/c1-9(2)11(8-16)15-12(17)6-10(14)7-13(3,4)5/h9-11,16H,6-8,14H2,1-5H3,(H,15,17)/t10?,11-/m1/s1. The molecule has 1 unspecified atom stereocenters. The van der Waals surface area contributed by atoms with Gasteiger partial charge in [0.2, 0.25) is 5.91 Å². The Morgan fingerprint density at radius 3 is 2.24 bits per heavy atom. The van der Waals surface area contributed by atoms with Crippen molar-refractivity contribution in [2.75, 3.05) is 6.61 Å². The van der Waals surface area contributed by atoms with Crippen molar-refractivity contribution in [3.05, 3.63) is 0 Å². The predicted molar refractivity (Wildman–Crippen MR) is 70.5 cm³/mol. The van der Waals surface area contributed by atoms with Gasteiger partial charge in [0.15, 0.2) is 0 Å². The summed E-state index contributed by atoms with van der Waals surface area (Å²) in [6, 6.07) is -0.300. The van der Waals surface area contributed by atoms with E-state index in [9.17, 15) is 4.79 Å². The normalized spacial score (nSPS) is 15.8. The molecular formula is C13H28N2O2. The molecule has 4 N–H and O–H groups in total. The van der Waals surface area contributed by atoms with Crippen LogP contribution >= 0.6 is 0 Å². The molecule has 0 spiro atoms. The molecule has 2 atom stereocenters. The van der Waals surface area contributed by atoms with Gasteiger partial charge >= 0.3 is 0 Å². The average molecular weight is 244 g/mol. The van der Waals surface area contributed by atoms with Crippen LogP contribution in [0, 0.1) is 11.3 Å². The molecule has 0 saturated carbocycles. The zero-order chi connectivity index (χ0) is 13.6. The van der Waals surface area contributed by atoms with E-state index in [1.807, 2.05) is 13.8 Å². The molecule has 4 heteroatoms. The van der Waals surface area contributed by atoms with Crippen molar-refractivity contribution in [2.45, 2.75) is 59.5 Å². The zero-order valence-corrected chi connectivity index (χ0v) is 11.8. The topological polar surface area (TPSA) is 75.3 Å². The summed E-state index contributed by atoms with van der Waals surface area (Å²) < 4.78 is 0. The summed E-state index contributed by atoms with van der Waals surface area (Å²) >= 11 is 0. The van der Waals surface area contributed by atoms with Crippen molar-refractivity contribution in [1.29, 1.82) is 0 Å². The van der Waals surface area contributed by atoms with Crippen LogP contribution in [0.5, 0.6) is 0 Å². The summed E-state index contributed by atoms with van der Waals surface area (Å²) in [6.45, 7) is 10.2. The number of rotatable bonds is 6. The number of hydrogen-bond acceptors (Lipinski definition) is 3. The lowest BCUT2D eigenvalue weighted by atomic mass is 9.87. The van der Waals surface area contributed by atoms with Crippen molar-refractivity contribution >= 4 is 5.91 Å². The maximum Gasteiger partial charge on any atom is 0.221 e. The Kier molecular flexibility index (Phi) is 6.72. The van der Waals surface area contributed by atoms with Gasteiger partial charge in [0.25, 0.3) is 0 Å². The summed E-state index contributed by atoms with van der Waals surface area (Å²) in [5, 5.41) is 11.9. The van der Waals surface area contributed by atoms with Gasteiger partial charge in [0.05, 0.1) is 12.6 Å². The summed E-state index contributed by atoms with van der Waals surface area (Å²) in [6.07, 6.45) is 1.13. The van der Waals surface area contributed by atoms with E-state index < -0.39 is 0 Å². The molecule has 4 nitrogen and oxygen atoms in total. The van der Waals surface area contributed by atoms with Gasteiger partial charge < -0.3 is 16.2 Å². The van der Waals surface area contributed by atoms with Crippen LogP contribution in [-0.4, -0.2) is 29.7 Å². The van der Waals surface area contributed by atoms with Gasteiger partial charge in [-0.1, -0.05) is 34.6 Å². The first-order chi connectivity index (χ1) is 7.65. The Morgan fingerprint density at radius 1 is 1.35 bits per heavy atom. The molecular weight excluding hydrogens is 216 g/mol. The number of carbonyl (C=O) groups is 1. The third-order valence-electron chi connectivity index (χ3n) is 2.67. The average Bonchev–Trinajstić information content (AvgIpc) is 2.09. The fourth-order valence-corrected chi connectivity index (χ4v) is 1.79. The lowest BCUT2D eigenvalue weighted by molar-refractivity contribution is -0.122. The minimum absolute atomic E-state index is 0.0298. The van der Waals surface area contributed by atoms with Crippen molar-refractivity contribution < 1.29 is 9.90 Å². The molecule has 0 radical (unpaired) electrons. The van der Waals surface area contributed by atoms with Gasteiger partial charge in [-0.25, -0.2) is 0 Å². The summed E-state index contributed by atoms with van der Waals surface area (Å²) in [4.78, 5) is 11.7. The highest BCUT2D eigenvalue weighted by Gasteiger charge is 2.20. The molecule has 0 aromatic carbocycles. The number of nitrogens with two attached hydrogens (primary N) is 1. The first-order valence-electron chi connectivity index (χ1n) is 6.31. The molecule has 1 amide bonds. The Balaban J connectivity index is 4.09. The van der Waals surface area contributed by atoms with Crippen molar-refractivity contribution in [3.8, 4) is 0 Å². The highest BCUT2D eigenvalue weighted by Crippen LogP contribution is 2.21. The van der Waals surface area contributed by atoms with Crippen LogP contribution < -0.4 is 11.1 Å². The quantitative estimate of drug-likeness (QED) is 0.658. The molecule has 102 valence electrons. The van der Waals surface area contributed by atoms with Crippen LogP contribution in [-0.2, 0) is 4.79 Å². The van der Waals surface area contributed by atoms with E-state index in [1.165, 1.54) is 0 Å². The van der Waals surface area contributed by atoms with E-state index in [-0.39, 0.29) is 35.9 Å². The number of nitrogens with one attached hydrogen (secondary N) is 1. The number of hydrogen-bond donors (Lipinski definition) is 3. The Hall–Kier alpha value is -0.610. The van der Waals surface area contributed by atoms with E-state index in [0.717, 1.165) is 6.42 Å². The molecule has 0 rings (SSSR count). The molecule has 0 aliphatic heterocycles. The number of carbonyl (C=O) groups excluding carboxylic acids is 1. The maximum atomic E-state index is 11.7. The van der Waals surface area contributed by atoms with E-state index in [0.29, 0.717) is 6.42 Å². The van der Waals surface area contributed by atoms with Crippen molar-refractivity contribution in [3.63, 3.8) is 0 Å². The number of aliphatic hydroxyl groups is 1. The first-order valence-corrected chi connectivity index (χ1v) is 6.31. The van der Waals surface area contributed by atoms with Crippen LogP contribution in [0.4, 0.5) is 0 Å². The summed E-state index contributed by atoms with van der Waals surface area (Å²) in [5.74, 6) is 0.150. The second-order valence-electron chi connectivity index (χ2n) is 6.33. The Bertz CT molecular complexity index is 234. The van der Waals surface area contributed by atoms with E-state index in [1.54, 1.807) is 0 Å². The van der Waals surface area contributed by atoms with Crippen molar-refractivity contribution in [2.24, 2.45) is 17.1 Å². The van der Waals surface area contributed by atoms with Crippen LogP contribution in [0.1, 0.15) is 47.5 Å². The van der Waals surface area contributed by atoms with Crippen LogP contribution in [0.25, 0.3) is 0 Å². The maximum absolute atomic E-state index is 11.7. The second kappa shape index (κ2) is 6.97. The monoisotopic (exact) mass is 244 g/mol. The number of aliphatic hydroxyl groups excluding tert-OH is 1. The van der Waals surface area contributed by atoms with Gasteiger partial charge in [0.1, 0.15) is 0 Å². The smallest absolute Gasteiger partial charge is 0.221 e. The zero-order valence-electron chi connectivity index (χ0n) is 11.8. The van der Waals surface area contributed by atoms with E-state index in [2.05, 4.69) is 26.1 Å². The molecule has 0 aliphatic carbocycles. The van der Waals surface area contributed by atoms with E-state index >= 15 is 0 Å². The molecule has 0 aromatic rings. The lowest BCUT2D eigenvalue weighted by Gasteiger charge is -2.24. The molecule has 0 saturated heterocycles. The molecule has 0 heterocycles. The molecule has 0 bridgehead atoms. The summed E-state index contributed by atoms with van der Waals surface area (Å²) in [7, 11) is 0. The minimum atomic E-state index is -0.177. The third-order valence-corrected chi connectivity index (χ3v) is 2.67. The Labute approximate surface area is 105 Å². The second-order valence-corrected chi connectivity index (χ2v) is 6.33. The predicted octanol–water partition coefficient (Wildman–Crippen LogP) is 1.27. The lowest BCUT2D eigenvalue weighted by Crippen LogP contribution is -2.43. The van der Waals surface area contributed by atoms with Crippen LogP contribution in [0.15, 0.2) is 0 Å². The molecule has 0 aromatic heterocycles. The van der Waals surface area contributed by atoms with Gasteiger partial charge in [-0.15, -0.1) is 0 Å². The number of amides is 1. The van der Waals surface area contributed by atoms with Gasteiger partial charge in [0, 0.05) is 12.5 Å². The van der Waals surface area contributed by atoms with Crippen molar-refractivity contribution in [1.82, 2.24) is 5.32 Å². The highest BCUT2D eigenvalue weighted by molar-refractivity contribution is 5.76. The third kappa shape index (κ3) is 8.16. The molecule has 0 aliphatic rings. The van der Waals surface area contributed by atoms with Gasteiger partial charge in [-0.2, -0.15) is 0 Å².